The first-order valence-electron chi connectivity index (χ1n) is 4.98. The highest BCUT2D eigenvalue weighted by Crippen LogP contribution is 2.25. The molecule has 0 aromatic heterocycles. The molecule has 0 aliphatic carbocycles. The van der Waals surface area contributed by atoms with E-state index < -0.39 is 0 Å². The maximum absolute atomic E-state index is 11.5. The topological polar surface area (TPSA) is 34.1 Å². The predicted octanol–water partition coefficient (Wildman–Crippen LogP) is 2.94. The number of carbonyl (C=O) groups is 2. The Hall–Kier alpha value is -1.44. The van der Waals surface area contributed by atoms with Crippen LogP contribution in [0.5, 0.6) is 0 Å². The van der Waals surface area contributed by atoms with E-state index in [0.29, 0.717) is 0 Å². The van der Waals surface area contributed by atoms with E-state index in [9.17, 15) is 9.59 Å². The van der Waals surface area contributed by atoms with Crippen molar-refractivity contribution in [1.29, 1.82) is 0 Å². The van der Waals surface area contributed by atoms with Gasteiger partial charge in [0.1, 0.15) is 0 Å². The molecule has 2 heteroatoms. The van der Waals surface area contributed by atoms with Gasteiger partial charge < -0.3 is 0 Å². The molecule has 0 aliphatic heterocycles. The molecule has 0 saturated carbocycles. The third kappa shape index (κ3) is 1.72. The molecular formula is C13H16O2. The van der Waals surface area contributed by atoms with E-state index in [1.54, 1.807) is 6.92 Å². The van der Waals surface area contributed by atoms with Crippen molar-refractivity contribution >= 4 is 12.1 Å². The molecule has 0 radical (unpaired) electrons. The zero-order chi connectivity index (χ0) is 11.7. The molecule has 0 spiro atoms. The van der Waals surface area contributed by atoms with E-state index in [2.05, 4.69) is 0 Å². The molecule has 15 heavy (non-hydrogen) atoms. The van der Waals surface area contributed by atoms with Crippen LogP contribution in [0.2, 0.25) is 0 Å². The Balaban J connectivity index is 3.74. The van der Waals surface area contributed by atoms with E-state index in [4.69, 9.17) is 0 Å². The molecule has 0 N–H and O–H groups in total. The fraction of sp³-hybridized carbons (Fsp3) is 0.385. The Morgan fingerprint density at radius 3 is 1.60 bits per heavy atom. The van der Waals surface area contributed by atoms with Crippen molar-refractivity contribution in [2.75, 3.05) is 0 Å². The number of aldehydes is 1. The summed E-state index contributed by atoms with van der Waals surface area (Å²) in [7, 11) is 0. The highest BCUT2D eigenvalue weighted by atomic mass is 16.1. The molecule has 1 aromatic carbocycles. The molecule has 0 fully saturated rings. The van der Waals surface area contributed by atoms with Gasteiger partial charge in [0, 0.05) is 11.1 Å². The van der Waals surface area contributed by atoms with Gasteiger partial charge in [0.25, 0.3) is 0 Å². The van der Waals surface area contributed by atoms with Crippen LogP contribution in [-0.4, -0.2) is 12.1 Å². The van der Waals surface area contributed by atoms with Gasteiger partial charge in [-0.05, 0) is 56.9 Å². The van der Waals surface area contributed by atoms with Crippen LogP contribution in [0.1, 0.15) is 49.9 Å². The number of hydrogen-bond donors (Lipinski definition) is 0. The standard InChI is InChI=1S/C13H16O2/c1-7-9(3)13(11(5)15)10(4)8(2)12(7)6-14/h6H,1-5H3. The van der Waals surface area contributed by atoms with Crippen LogP contribution in [0.3, 0.4) is 0 Å². The van der Waals surface area contributed by atoms with Gasteiger partial charge in [-0.3, -0.25) is 9.59 Å². The van der Waals surface area contributed by atoms with Crippen molar-refractivity contribution in [2.24, 2.45) is 0 Å². The van der Waals surface area contributed by atoms with Gasteiger partial charge >= 0.3 is 0 Å². The minimum atomic E-state index is 0.0636. The molecule has 0 unspecified atom stereocenters. The Morgan fingerprint density at radius 2 is 1.33 bits per heavy atom. The van der Waals surface area contributed by atoms with Gasteiger partial charge in [-0.2, -0.15) is 0 Å². The van der Waals surface area contributed by atoms with E-state index in [1.807, 2.05) is 27.7 Å². The number of ketones is 1. The second-order valence-corrected chi connectivity index (χ2v) is 3.96. The Morgan fingerprint density at radius 1 is 0.933 bits per heavy atom. The predicted molar refractivity (Wildman–Crippen MR) is 60.8 cm³/mol. The lowest BCUT2D eigenvalue weighted by molar-refractivity contribution is 0.101. The normalized spacial score (nSPS) is 10.2. The van der Waals surface area contributed by atoms with Gasteiger partial charge in [0.05, 0.1) is 0 Å². The maximum atomic E-state index is 11.5. The zero-order valence-electron chi connectivity index (χ0n) is 9.89. The van der Waals surface area contributed by atoms with Crippen LogP contribution in [0.4, 0.5) is 0 Å². The van der Waals surface area contributed by atoms with Crippen LogP contribution in [0, 0.1) is 27.7 Å². The summed E-state index contributed by atoms with van der Waals surface area (Å²) in [4.78, 5) is 22.5. The molecule has 0 heterocycles. The minimum Gasteiger partial charge on any atom is -0.298 e. The summed E-state index contributed by atoms with van der Waals surface area (Å²) in [6.07, 6.45) is 0.870. The average molecular weight is 204 g/mol. The van der Waals surface area contributed by atoms with E-state index in [0.717, 1.165) is 39.7 Å². The summed E-state index contributed by atoms with van der Waals surface area (Å²) in [5, 5.41) is 0. The van der Waals surface area contributed by atoms with E-state index in [-0.39, 0.29) is 5.78 Å². The molecule has 0 saturated heterocycles. The summed E-state index contributed by atoms with van der Waals surface area (Å²) in [5.41, 5.74) is 5.16. The summed E-state index contributed by atoms with van der Waals surface area (Å²) in [5.74, 6) is 0.0636. The first-order chi connectivity index (χ1) is 6.91. The summed E-state index contributed by atoms with van der Waals surface area (Å²) in [6.45, 7) is 9.13. The lowest BCUT2D eigenvalue weighted by atomic mass is 9.88. The number of carbonyl (C=O) groups excluding carboxylic acids is 2. The second-order valence-electron chi connectivity index (χ2n) is 3.96. The van der Waals surface area contributed by atoms with Crippen molar-refractivity contribution in [1.82, 2.24) is 0 Å². The lowest BCUT2D eigenvalue weighted by Crippen LogP contribution is -2.07. The number of rotatable bonds is 2. The monoisotopic (exact) mass is 204 g/mol. The van der Waals surface area contributed by atoms with Gasteiger partial charge in [-0.25, -0.2) is 0 Å². The second kappa shape index (κ2) is 3.97. The molecule has 1 aromatic rings. The highest BCUT2D eigenvalue weighted by molar-refractivity contribution is 5.99. The molecule has 80 valence electrons. The third-order valence-electron chi connectivity index (χ3n) is 3.15. The molecule has 2 nitrogen and oxygen atoms in total. The van der Waals surface area contributed by atoms with Gasteiger partial charge in [0.15, 0.2) is 12.1 Å². The largest absolute Gasteiger partial charge is 0.298 e. The third-order valence-corrected chi connectivity index (χ3v) is 3.15. The quantitative estimate of drug-likeness (QED) is 0.548. The number of benzene rings is 1. The summed E-state index contributed by atoms with van der Waals surface area (Å²) in [6, 6.07) is 0. The Bertz CT molecular complexity index is 413. The molecule has 1 rings (SSSR count). The van der Waals surface area contributed by atoms with Gasteiger partial charge in [-0.1, -0.05) is 0 Å². The van der Waals surface area contributed by atoms with Crippen LogP contribution in [0.15, 0.2) is 0 Å². The summed E-state index contributed by atoms with van der Waals surface area (Å²) >= 11 is 0. The van der Waals surface area contributed by atoms with Crippen LogP contribution in [0.25, 0.3) is 0 Å². The van der Waals surface area contributed by atoms with Crippen molar-refractivity contribution in [3.63, 3.8) is 0 Å². The van der Waals surface area contributed by atoms with Crippen LogP contribution in [-0.2, 0) is 0 Å². The highest BCUT2D eigenvalue weighted by Gasteiger charge is 2.16. The molecule has 0 aliphatic rings. The number of Topliss-reactive ketones (excluding diaryl/α,β-unsaturated/α-hetero) is 1. The van der Waals surface area contributed by atoms with Crippen molar-refractivity contribution in [2.45, 2.75) is 34.6 Å². The van der Waals surface area contributed by atoms with Gasteiger partial charge in [0.2, 0.25) is 0 Å². The number of hydrogen-bond acceptors (Lipinski definition) is 2. The van der Waals surface area contributed by atoms with Crippen molar-refractivity contribution < 1.29 is 9.59 Å². The zero-order valence-corrected chi connectivity index (χ0v) is 9.89. The van der Waals surface area contributed by atoms with E-state index >= 15 is 0 Å². The Labute approximate surface area is 90.3 Å². The first kappa shape index (κ1) is 11.6. The fourth-order valence-corrected chi connectivity index (χ4v) is 2.05. The van der Waals surface area contributed by atoms with Crippen molar-refractivity contribution in [3.05, 3.63) is 33.4 Å². The molecular weight excluding hydrogens is 188 g/mol. The molecule has 0 bridgehead atoms. The Kier molecular flexibility index (Phi) is 3.08. The van der Waals surface area contributed by atoms with Crippen LogP contribution < -0.4 is 0 Å². The van der Waals surface area contributed by atoms with Gasteiger partial charge in [-0.15, -0.1) is 0 Å². The van der Waals surface area contributed by atoms with E-state index in [1.165, 1.54) is 0 Å². The maximum Gasteiger partial charge on any atom is 0.160 e. The van der Waals surface area contributed by atoms with Crippen LogP contribution >= 0.6 is 0 Å². The molecule has 0 amide bonds. The first-order valence-corrected chi connectivity index (χ1v) is 4.98. The smallest absolute Gasteiger partial charge is 0.160 e. The SMILES string of the molecule is CC(=O)c1c(C)c(C)c(C=O)c(C)c1C. The minimum absolute atomic E-state index is 0.0636. The fourth-order valence-electron chi connectivity index (χ4n) is 2.05. The summed E-state index contributed by atoms with van der Waals surface area (Å²) < 4.78 is 0. The lowest BCUT2D eigenvalue weighted by Gasteiger charge is -2.15. The average Bonchev–Trinajstić information content (AvgIpc) is 2.16. The van der Waals surface area contributed by atoms with Crippen molar-refractivity contribution in [3.8, 4) is 0 Å². The molecule has 0 atom stereocenters.